The van der Waals surface area contributed by atoms with E-state index in [0.29, 0.717) is 35.8 Å². The minimum absolute atomic E-state index is 0. The summed E-state index contributed by atoms with van der Waals surface area (Å²) in [5.74, 6) is 0.777. The third-order valence-corrected chi connectivity index (χ3v) is 6.15. The maximum absolute atomic E-state index is 15.7. The number of piperidine rings is 1. The lowest BCUT2D eigenvalue weighted by atomic mass is 9.83. The Labute approximate surface area is 177 Å². The molecule has 0 bridgehead atoms. The summed E-state index contributed by atoms with van der Waals surface area (Å²) in [7, 11) is 3.06. The van der Waals surface area contributed by atoms with Gasteiger partial charge >= 0.3 is 0 Å². The summed E-state index contributed by atoms with van der Waals surface area (Å²) in [6, 6.07) is 3.35. The molecule has 1 aromatic carbocycles. The lowest BCUT2D eigenvalue weighted by molar-refractivity contribution is -0.0667. The number of ketones is 1. The largest absolute Gasteiger partial charge is 0.493 e. The molecule has 8 heteroatoms. The van der Waals surface area contributed by atoms with Crippen LogP contribution in [0.15, 0.2) is 12.1 Å². The average molecular weight is 430 g/mol. The number of Topliss-reactive ketones (excluding diaryl/α,β-unsaturated/α-hetero) is 1. The van der Waals surface area contributed by atoms with Crippen molar-refractivity contribution < 1.29 is 28.1 Å². The molecule has 29 heavy (non-hydrogen) atoms. The molecule has 1 aromatic rings. The number of likely N-dealkylation sites (tertiary alicyclic amines) is 1. The number of hydrogen-bond donors (Lipinski definition) is 0. The second-order valence-corrected chi connectivity index (χ2v) is 7.95. The maximum atomic E-state index is 15.7. The molecule has 0 N–H and O–H groups in total. The Kier molecular flexibility index (Phi) is 7.04. The van der Waals surface area contributed by atoms with Gasteiger partial charge in [0.15, 0.2) is 23.5 Å². The third kappa shape index (κ3) is 4.53. The summed E-state index contributed by atoms with van der Waals surface area (Å²) >= 11 is 0. The van der Waals surface area contributed by atoms with Crippen LogP contribution in [0, 0.1) is 5.92 Å². The van der Waals surface area contributed by atoms with Crippen molar-refractivity contribution in [3.63, 3.8) is 0 Å². The zero-order chi connectivity index (χ0) is 19.7. The van der Waals surface area contributed by atoms with E-state index in [4.69, 9.17) is 18.9 Å². The van der Waals surface area contributed by atoms with Crippen molar-refractivity contribution in [3.05, 3.63) is 23.3 Å². The van der Waals surface area contributed by atoms with Crippen molar-refractivity contribution in [2.24, 2.45) is 5.92 Å². The van der Waals surface area contributed by atoms with E-state index in [0.717, 1.165) is 32.5 Å². The Balaban J connectivity index is 0.00000240. The smallest absolute Gasteiger partial charge is 0.200 e. The molecule has 6 nitrogen and oxygen atoms in total. The van der Waals surface area contributed by atoms with Gasteiger partial charge in [-0.05, 0) is 56.0 Å². The number of alkyl halides is 1. The molecule has 3 aliphatic rings. The van der Waals surface area contributed by atoms with Crippen LogP contribution in [0.3, 0.4) is 0 Å². The van der Waals surface area contributed by atoms with Crippen LogP contribution in [0.4, 0.5) is 4.39 Å². The fourth-order valence-corrected chi connectivity index (χ4v) is 4.62. The molecule has 0 amide bonds. The molecule has 2 saturated heterocycles. The Bertz CT molecular complexity index is 734. The Morgan fingerprint density at radius 3 is 2.38 bits per heavy atom. The molecule has 162 valence electrons. The van der Waals surface area contributed by atoms with Crippen LogP contribution in [-0.2, 0) is 15.9 Å². The minimum Gasteiger partial charge on any atom is -0.493 e. The van der Waals surface area contributed by atoms with Gasteiger partial charge in [-0.2, -0.15) is 0 Å². The molecular weight excluding hydrogens is 401 g/mol. The minimum atomic E-state index is -1.83. The van der Waals surface area contributed by atoms with Crippen LogP contribution in [0.5, 0.6) is 11.5 Å². The maximum Gasteiger partial charge on any atom is 0.200 e. The number of rotatable bonds is 6. The zero-order valence-corrected chi connectivity index (χ0v) is 17.8. The second-order valence-electron chi connectivity index (χ2n) is 7.95. The fraction of sp³-hybridized carbons (Fsp3) is 0.667. The van der Waals surface area contributed by atoms with E-state index in [9.17, 15) is 4.79 Å². The van der Waals surface area contributed by atoms with Crippen LogP contribution in [0.25, 0.3) is 0 Å². The second kappa shape index (κ2) is 9.16. The Hall–Kier alpha value is -1.41. The number of fused-ring (bicyclic) bond motifs is 1. The van der Waals surface area contributed by atoms with Gasteiger partial charge in [-0.3, -0.25) is 9.69 Å². The van der Waals surface area contributed by atoms with E-state index in [-0.39, 0.29) is 37.5 Å². The van der Waals surface area contributed by atoms with E-state index < -0.39 is 11.5 Å². The van der Waals surface area contributed by atoms with Gasteiger partial charge in [0.1, 0.15) is 0 Å². The summed E-state index contributed by atoms with van der Waals surface area (Å²) in [6.45, 7) is 3.84. The average Bonchev–Trinajstić information content (AvgIpc) is 3.29. The molecule has 0 saturated carbocycles. The first-order valence-corrected chi connectivity index (χ1v) is 9.96. The van der Waals surface area contributed by atoms with Crippen LogP contribution in [-0.4, -0.2) is 69.7 Å². The van der Waals surface area contributed by atoms with E-state index in [2.05, 4.69) is 4.90 Å². The molecule has 0 spiro atoms. The lowest BCUT2D eigenvalue weighted by Gasteiger charge is -2.34. The molecule has 2 aliphatic heterocycles. The van der Waals surface area contributed by atoms with Crippen molar-refractivity contribution in [3.8, 4) is 11.5 Å². The van der Waals surface area contributed by atoms with Crippen molar-refractivity contribution in [1.29, 1.82) is 0 Å². The van der Waals surface area contributed by atoms with Gasteiger partial charge in [-0.1, -0.05) is 0 Å². The van der Waals surface area contributed by atoms with Gasteiger partial charge in [0.2, 0.25) is 5.78 Å². The number of carbonyl (C=O) groups is 1. The predicted octanol–water partition coefficient (Wildman–Crippen LogP) is 3.05. The monoisotopic (exact) mass is 429 g/mol. The van der Waals surface area contributed by atoms with Crippen LogP contribution in [0.1, 0.15) is 35.2 Å². The van der Waals surface area contributed by atoms with Crippen molar-refractivity contribution in [1.82, 2.24) is 4.90 Å². The van der Waals surface area contributed by atoms with E-state index >= 15 is 4.39 Å². The molecule has 1 unspecified atom stereocenters. The number of methoxy groups -OCH3 is 2. The zero-order valence-electron chi connectivity index (χ0n) is 16.9. The van der Waals surface area contributed by atoms with Gasteiger partial charge in [-0.15, -0.1) is 12.4 Å². The fourth-order valence-electron chi connectivity index (χ4n) is 4.62. The first kappa shape index (κ1) is 22.3. The van der Waals surface area contributed by atoms with Crippen LogP contribution in [0.2, 0.25) is 0 Å². The molecule has 0 radical (unpaired) electrons. The highest BCUT2D eigenvalue weighted by atomic mass is 35.5. The van der Waals surface area contributed by atoms with Gasteiger partial charge < -0.3 is 18.9 Å². The van der Waals surface area contributed by atoms with Crippen LogP contribution >= 0.6 is 12.4 Å². The van der Waals surface area contributed by atoms with Gasteiger partial charge in [0.25, 0.3) is 0 Å². The van der Waals surface area contributed by atoms with Crippen molar-refractivity contribution in [2.45, 2.75) is 37.6 Å². The number of carbonyl (C=O) groups excluding carboxylic acids is 1. The van der Waals surface area contributed by atoms with Gasteiger partial charge in [-0.25, -0.2) is 4.39 Å². The van der Waals surface area contributed by atoms with Crippen molar-refractivity contribution >= 4 is 18.2 Å². The molecule has 2 heterocycles. The number of nitrogens with zero attached hydrogens (tertiary/aromatic N) is 1. The van der Waals surface area contributed by atoms with Gasteiger partial charge in [0.05, 0.1) is 27.4 Å². The molecule has 1 atom stereocenters. The van der Waals surface area contributed by atoms with E-state index in [1.54, 1.807) is 19.2 Å². The summed E-state index contributed by atoms with van der Waals surface area (Å²) < 4.78 is 37.3. The molecule has 1 aliphatic carbocycles. The highest BCUT2D eigenvalue weighted by molar-refractivity contribution is 6.07. The molecule has 2 fully saturated rings. The highest BCUT2D eigenvalue weighted by Gasteiger charge is 2.48. The SMILES string of the molecule is COc1cc2c(cc1OC)C(=O)C(F)(CC1CCN(CC3OCCO3)CC1)C2.Cl. The number of ether oxygens (including phenoxy) is 4. The van der Waals surface area contributed by atoms with Crippen LogP contribution < -0.4 is 9.47 Å². The Morgan fingerprint density at radius 1 is 1.14 bits per heavy atom. The summed E-state index contributed by atoms with van der Waals surface area (Å²) in [5.41, 5.74) is -0.698. The topological polar surface area (TPSA) is 57.2 Å². The standard InChI is InChI=1S/C21H28FNO5.ClH/c1-25-17-9-15-12-21(22,20(24)16(15)10-18(17)26-2)11-14-3-5-23(6-4-14)13-19-27-7-8-28-19;/h9-10,14,19H,3-8,11-13H2,1-2H3;1H. The Morgan fingerprint density at radius 2 is 1.76 bits per heavy atom. The molecule has 0 aromatic heterocycles. The van der Waals surface area contributed by atoms with Crippen molar-refractivity contribution in [2.75, 3.05) is 47.1 Å². The summed E-state index contributed by atoms with van der Waals surface area (Å²) in [5, 5.41) is 0. The first-order valence-electron chi connectivity index (χ1n) is 9.96. The number of halogens is 2. The summed E-state index contributed by atoms with van der Waals surface area (Å²) in [6.07, 6.45) is 2.02. The highest BCUT2D eigenvalue weighted by Crippen LogP contribution is 2.43. The number of benzene rings is 1. The lowest BCUT2D eigenvalue weighted by Crippen LogP contribution is -2.41. The molecule has 4 rings (SSSR count). The predicted molar refractivity (Wildman–Crippen MR) is 108 cm³/mol. The van der Waals surface area contributed by atoms with Gasteiger partial charge in [0, 0.05) is 18.5 Å². The molecular formula is C21H29ClFNO5. The number of hydrogen-bond acceptors (Lipinski definition) is 6. The normalized spacial score (nSPS) is 25.7. The summed E-state index contributed by atoms with van der Waals surface area (Å²) in [4.78, 5) is 15.1. The third-order valence-electron chi connectivity index (χ3n) is 6.15. The quantitative estimate of drug-likeness (QED) is 0.692. The first-order chi connectivity index (χ1) is 13.5. The van der Waals surface area contributed by atoms with E-state index in [1.165, 1.54) is 7.11 Å². The van der Waals surface area contributed by atoms with E-state index in [1.807, 2.05) is 0 Å².